The van der Waals surface area contributed by atoms with Crippen LogP contribution in [0.1, 0.15) is 0 Å². The zero-order valence-corrected chi connectivity index (χ0v) is 27.2. The van der Waals surface area contributed by atoms with E-state index >= 15 is 0 Å². The van der Waals surface area contributed by atoms with Crippen molar-refractivity contribution in [3.05, 3.63) is 182 Å². The van der Waals surface area contributed by atoms with E-state index in [2.05, 4.69) is 191 Å². The van der Waals surface area contributed by atoms with E-state index in [0.29, 0.717) is 0 Å². The molecule has 0 radical (unpaired) electrons. The Morgan fingerprint density at radius 3 is 1.66 bits per heavy atom. The molecule has 0 fully saturated rings. The molecule has 232 valence electrons. The lowest BCUT2D eigenvalue weighted by atomic mass is 9.92. The third kappa shape index (κ3) is 3.79. The second-order valence-corrected chi connectivity index (χ2v) is 13.3. The van der Waals surface area contributed by atoms with Crippen LogP contribution in [0.15, 0.2) is 182 Å². The van der Waals surface area contributed by atoms with Gasteiger partial charge in [0, 0.05) is 32.6 Å². The Morgan fingerprint density at radius 1 is 0.300 bits per heavy atom. The molecule has 3 heterocycles. The van der Waals surface area contributed by atoms with E-state index in [4.69, 9.17) is 0 Å². The first-order chi connectivity index (χ1) is 24.8. The van der Waals surface area contributed by atoms with Crippen molar-refractivity contribution in [1.82, 2.24) is 8.97 Å². The molecular formula is C48H30N2. The molecule has 0 aliphatic carbocycles. The molecule has 11 aromatic rings. The molecule has 0 saturated carbocycles. The lowest BCUT2D eigenvalue weighted by Gasteiger charge is -2.13. The first-order valence-electron chi connectivity index (χ1n) is 17.3. The van der Waals surface area contributed by atoms with Gasteiger partial charge in [-0.25, -0.2) is 0 Å². The number of hydrogen-bond donors (Lipinski definition) is 0. The van der Waals surface area contributed by atoms with Crippen LogP contribution in [0, 0.1) is 0 Å². The van der Waals surface area contributed by atoms with Crippen molar-refractivity contribution in [2.75, 3.05) is 0 Å². The Morgan fingerprint density at radius 2 is 0.900 bits per heavy atom. The van der Waals surface area contributed by atoms with Gasteiger partial charge in [-0.2, -0.15) is 0 Å². The van der Waals surface area contributed by atoms with Crippen LogP contribution in [0.25, 0.3) is 99.0 Å². The summed E-state index contributed by atoms with van der Waals surface area (Å²) in [4.78, 5) is 0. The van der Waals surface area contributed by atoms with Gasteiger partial charge in [0.05, 0.1) is 27.6 Å². The van der Waals surface area contributed by atoms with E-state index in [1.54, 1.807) is 0 Å². The summed E-state index contributed by atoms with van der Waals surface area (Å²) < 4.78 is 4.99. The number of benzene rings is 8. The minimum absolute atomic E-state index is 1.16. The fourth-order valence-electron chi connectivity index (χ4n) is 8.53. The molecule has 0 spiro atoms. The predicted molar refractivity (Wildman–Crippen MR) is 212 cm³/mol. The van der Waals surface area contributed by atoms with Gasteiger partial charge in [0.2, 0.25) is 0 Å². The third-order valence-corrected chi connectivity index (χ3v) is 10.6. The minimum Gasteiger partial charge on any atom is -0.309 e. The van der Waals surface area contributed by atoms with E-state index in [1.165, 1.54) is 93.3 Å². The summed E-state index contributed by atoms with van der Waals surface area (Å²) in [5.41, 5.74) is 14.6. The first-order valence-corrected chi connectivity index (χ1v) is 17.3. The molecular weight excluding hydrogens is 605 g/mol. The Kier molecular flexibility index (Phi) is 5.70. The van der Waals surface area contributed by atoms with E-state index < -0.39 is 0 Å². The van der Waals surface area contributed by atoms with Crippen molar-refractivity contribution in [2.45, 2.75) is 0 Å². The standard InChI is InChI=1S/C48H30N2/c1-3-14-31(15-4-1)36-20-7-8-21-37(36)33-17-13-16-32(28-33)34-29-41-39-23-10-12-25-43(39)50-42-24-11-9-22-38(42)40-26-27-44-47(48(40)50)46(41)45(30-34)49(44)35-18-5-2-6-19-35/h1-30H. The highest BCUT2D eigenvalue weighted by molar-refractivity contribution is 6.33. The van der Waals surface area contributed by atoms with Crippen LogP contribution in [0.2, 0.25) is 0 Å². The number of para-hydroxylation sites is 3. The van der Waals surface area contributed by atoms with Crippen LogP contribution in [-0.2, 0) is 0 Å². The van der Waals surface area contributed by atoms with Crippen molar-refractivity contribution in [3.63, 3.8) is 0 Å². The van der Waals surface area contributed by atoms with Crippen LogP contribution >= 0.6 is 0 Å². The molecule has 0 amide bonds. The van der Waals surface area contributed by atoms with Crippen LogP contribution < -0.4 is 0 Å². The highest BCUT2D eigenvalue weighted by atomic mass is 15.0. The van der Waals surface area contributed by atoms with Crippen molar-refractivity contribution in [1.29, 1.82) is 0 Å². The van der Waals surface area contributed by atoms with Crippen molar-refractivity contribution in [2.24, 2.45) is 0 Å². The number of nitrogens with zero attached hydrogens (tertiary/aromatic N) is 2. The molecule has 0 aliphatic heterocycles. The molecule has 0 N–H and O–H groups in total. The van der Waals surface area contributed by atoms with Crippen LogP contribution in [-0.4, -0.2) is 8.97 Å². The quantitative estimate of drug-likeness (QED) is 0.182. The monoisotopic (exact) mass is 634 g/mol. The van der Waals surface area contributed by atoms with Crippen LogP contribution in [0.5, 0.6) is 0 Å². The first kappa shape index (κ1) is 27.3. The Bertz CT molecular complexity index is 3070. The van der Waals surface area contributed by atoms with Crippen LogP contribution in [0.3, 0.4) is 0 Å². The summed E-state index contributed by atoms with van der Waals surface area (Å²) in [5.74, 6) is 0. The van der Waals surface area contributed by atoms with Crippen molar-refractivity contribution >= 4 is 59.9 Å². The number of fused-ring (bicyclic) bond motifs is 6. The average molecular weight is 635 g/mol. The topological polar surface area (TPSA) is 9.34 Å². The van der Waals surface area contributed by atoms with Gasteiger partial charge in [-0.3, -0.25) is 0 Å². The second kappa shape index (κ2) is 10.4. The molecule has 0 saturated heterocycles. The highest BCUT2D eigenvalue weighted by Crippen LogP contribution is 2.46. The summed E-state index contributed by atoms with van der Waals surface area (Å²) in [7, 11) is 0. The van der Waals surface area contributed by atoms with E-state index in [0.717, 1.165) is 5.69 Å². The third-order valence-electron chi connectivity index (χ3n) is 10.6. The summed E-state index contributed by atoms with van der Waals surface area (Å²) >= 11 is 0. The zero-order chi connectivity index (χ0) is 32.8. The molecule has 0 bridgehead atoms. The number of aromatic nitrogens is 2. The lowest BCUT2D eigenvalue weighted by molar-refractivity contribution is 1.18. The molecule has 8 aromatic carbocycles. The molecule has 3 aromatic heterocycles. The smallest absolute Gasteiger partial charge is 0.0641 e. The van der Waals surface area contributed by atoms with Crippen molar-refractivity contribution in [3.8, 4) is 39.1 Å². The molecule has 2 heteroatoms. The SMILES string of the molecule is c1ccc(-c2ccccc2-c2cccc(-c3cc4c5ccccc5n5c6ccccc6c6ccc7c(c4c(c3)n7-c3ccccc3)c65)c2)cc1. The molecule has 2 nitrogen and oxygen atoms in total. The fourth-order valence-corrected chi connectivity index (χ4v) is 8.53. The highest BCUT2D eigenvalue weighted by Gasteiger charge is 2.24. The van der Waals surface area contributed by atoms with Gasteiger partial charge in [0.25, 0.3) is 0 Å². The lowest BCUT2D eigenvalue weighted by Crippen LogP contribution is -1.94. The van der Waals surface area contributed by atoms with Gasteiger partial charge < -0.3 is 8.97 Å². The molecule has 0 atom stereocenters. The number of hydrogen-bond acceptors (Lipinski definition) is 0. The summed E-state index contributed by atoms with van der Waals surface area (Å²) in [6, 6.07) is 66.7. The molecule has 50 heavy (non-hydrogen) atoms. The summed E-state index contributed by atoms with van der Waals surface area (Å²) in [5, 5.41) is 7.70. The van der Waals surface area contributed by atoms with Crippen molar-refractivity contribution < 1.29 is 0 Å². The van der Waals surface area contributed by atoms with Gasteiger partial charge in [-0.05, 0) is 87.3 Å². The largest absolute Gasteiger partial charge is 0.309 e. The maximum atomic E-state index is 2.51. The van der Waals surface area contributed by atoms with Gasteiger partial charge in [-0.1, -0.05) is 133 Å². The Labute approximate surface area is 289 Å². The maximum absolute atomic E-state index is 2.51. The van der Waals surface area contributed by atoms with Gasteiger partial charge in [0.15, 0.2) is 0 Å². The zero-order valence-electron chi connectivity index (χ0n) is 27.2. The van der Waals surface area contributed by atoms with Gasteiger partial charge >= 0.3 is 0 Å². The molecule has 11 rings (SSSR count). The Balaban J connectivity index is 1.28. The van der Waals surface area contributed by atoms with E-state index in [-0.39, 0.29) is 0 Å². The maximum Gasteiger partial charge on any atom is 0.0641 e. The van der Waals surface area contributed by atoms with Gasteiger partial charge in [0.1, 0.15) is 0 Å². The second-order valence-electron chi connectivity index (χ2n) is 13.3. The summed E-state index contributed by atoms with van der Waals surface area (Å²) in [6.45, 7) is 0. The van der Waals surface area contributed by atoms with Gasteiger partial charge in [-0.15, -0.1) is 0 Å². The normalized spacial score (nSPS) is 12.0. The van der Waals surface area contributed by atoms with E-state index in [1.807, 2.05) is 0 Å². The predicted octanol–water partition coefficient (Wildman–Crippen LogP) is 12.9. The average Bonchev–Trinajstić information content (AvgIpc) is 3.67. The fraction of sp³-hybridized carbons (Fsp3) is 0. The summed E-state index contributed by atoms with van der Waals surface area (Å²) in [6.07, 6.45) is 0. The number of rotatable bonds is 4. The van der Waals surface area contributed by atoms with Crippen LogP contribution in [0.4, 0.5) is 0 Å². The molecule has 0 aliphatic rings. The van der Waals surface area contributed by atoms with E-state index in [9.17, 15) is 0 Å². The minimum atomic E-state index is 1.16. The molecule has 0 unspecified atom stereocenters. The Hall–Kier alpha value is -6.64.